The molecule has 1 aliphatic rings. The summed E-state index contributed by atoms with van der Waals surface area (Å²) in [7, 11) is 1.60. The highest BCUT2D eigenvalue weighted by Crippen LogP contribution is 2.36. The molecule has 0 aromatic heterocycles. The first-order chi connectivity index (χ1) is 8.52. The number of hydrogen-bond acceptors (Lipinski definition) is 4. The van der Waals surface area contributed by atoms with Crippen molar-refractivity contribution in [2.24, 2.45) is 0 Å². The van der Waals surface area contributed by atoms with Crippen LogP contribution in [-0.2, 0) is 4.74 Å². The predicted octanol–water partition coefficient (Wildman–Crippen LogP) is 2.72. The molecular formula is C11H12BrFN2O3. The average Bonchev–Trinajstić information content (AvgIpc) is 2.75. The number of anilines is 1. The molecule has 2 rings (SSSR count). The average molecular weight is 319 g/mol. The van der Waals surface area contributed by atoms with E-state index >= 15 is 0 Å². The minimum atomic E-state index is -0.828. The lowest BCUT2D eigenvalue weighted by atomic mass is 10.2. The molecule has 0 radical (unpaired) electrons. The normalized spacial score (nSPS) is 19.3. The number of nitrogens with zero attached hydrogens (tertiary/aromatic N) is 2. The van der Waals surface area contributed by atoms with Gasteiger partial charge in [0.25, 0.3) is 0 Å². The highest BCUT2D eigenvalue weighted by Gasteiger charge is 2.30. The highest BCUT2D eigenvalue weighted by molar-refractivity contribution is 9.10. The third kappa shape index (κ3) is 2.46. The van der Waals surface area contributed by atoms with Gasteiger partial charge in [0.1, 0.15) is 5.69 Å². The first kappa shape index (κ1) is 13.2. The van der Waals surface area contributed by atoms with Gasteiger partial charge in [-0.3, -0.25) is 10.1 Å². The van der Waals surface area contributed by atoms with Gasteiger partial charge in [0.05, 0.1) is 11.0 Å². The number of methoxy groups -OCH3 is 1. The molecule has 0 amide bonds. The minimum Gasteiger partial charge on any atom is -0.380 e. The summed E-state index contributed by atoms with van der Waals surface area (Å²) in [6.45, 7) is 1.16. The quantitative estimate of drug-likeness (QED) is 0.635. The fourth-order valence-corrected chi connectivity index (χ4v) is 2.53. The van der Waals surface area contributed by atoms with Gasteiger partial charge in [-0.25, -0.2) is 0 Å². The Balaban J connectivity index is 2.40. The Bertz CT molecular complexity index is 484. The zero-order valence-electron chi connectivity index (χ0n) is 9.73. The zero-order valence-corrected chi connectivity index (χ0v) is 11.3. The summed E-state index contributed by atoms with van der Waals surface area (Å²) in [6, 6.07) is 2.67. The molecule has 1 saturated heterocycles. The molecule has 1 fully saturated rings. The molecule has 0 unspecified atom stereocenters. The van der Waals surface area contributed by atoms with Gasteiger partial charge in [-0.05, 0) is 18.6 Å². The van der Waals surface area contributed by atoms with Crippen molar-refractivity contribution in [3.05, 3.63) is 32.5 Å². The lowest BCUT2D eigenvalue weighted by molar-refractivity contribution is -0.386. The van der Waals surface area contributed by atoms with Crippen LogP contribution in [0.25, 0.3) is 0 Å². The number of halogens is 2. The molecule has 0 spiro atoms. The maximum atomic E-state index is 13.7. The van der Waals surface area contributed by atoms with E-state index in [1.807, 2.05) is 0 Å². The van der Waals surface area contributed by atoms with Crippen molar-refractivity contribution in [1.82, 2.24) is 0 Å². The van der Waals surface area contributed by atoms with Gasteiger partial charge in [0.15, 0.2) is 0 Å². The Morgan fingerprint density at radius 1 is 1.61 bits per heavy atom. The van der Waals surface area contributed by atoms with Crippen molar-refractivity contribution in [3.63, 3.8) is 0 Å². The minimum absolute atomic E-state index is 0.0339. The Labute approximate surface area is 112 Å². The van der Waals surface area contributed by atoms with Crippen LogP contribution >= 0.6 is 15.9 Å². The van der Waals surface area contributed by atoms with Gasteiger partial charge < -0.3 is 9.64 Å². The van der Waals surface area contributed by atoms with Gasteiger partial charge >= 0.3 is 5.69 Å². The zero-order chi connectivity index (χ0) is 13.3. The van der Waals surface area contributed by atoms with E-state index in [4.69, 9.17) is 4.74 Å². The molecule has 1 atom stereocenters. The monoisotopic (exact) mass is 318 g/mol. The molecule has 1 aliphatic heterocycles. The standard InChI is InChI=1S/C11H12BrFN2O3/c1-18-8-2-3-14(6-8)10-5-7(12)4-9(13)11(10)15(16)17/h4-5,8H,2-3,6H2,1H3/t8-/m1/s1. The number of ether oxygens (including phenoxy) is 1. The molecule has 0 saturated carbocycles. The van der Waals surface area contributed by atoms with Crippen molar-refractivity contribution in [1.29, 1.82) is 0 Å². The Hall–Kier alpha value is -1.21. The van der Waals surface area contributed by atoms with E-state index in [9.17, 15) is 14.5 Å². The van der Waals surface area contributed by atoms with Crippen LogP contribution in [0.4, 0.5) is 15.8 Å². The fourth-order valence-electron chi connectivity index (χ4n) is 2.11. The van der Waals surface area contributed by atoms with Gasteiger partial charge in [-0.15, -0.1) is 0 Å². The van der Waals surface area contributed by atoms with Crippen LogP contribution in [0.5, 0.6) is 0 Å². The number of nitro benzene ring substituents is 1. The van der Waals surface area contributed by atoms with Crippen LogP contribution in [0, 0.1) is 15.9 Å². The first-order valence-corrected chi connectivity index (χ1v) is 6.23. The van der Waals surface area contributed by atoms with Crippen molar-refractivity contribution in [2.45, 2.75) is 12.5 Å². The Morgan fingerprint density at radius 3 is 2.89 bits per heavy atom. The van der Waals surface area contributed by atoms with E-state index in [0.29, 0.717) is 23.2 Å². The maximum absolute atomic E-state index is 13.7. The molecule has 18 heavy (non-hydrogen) atoms. The second-order valence-electron chi connectivity index (χ2n) is 4.10. The van der Waals surface area contributed by atoms with Crippen molar-refractivity contribution in [2.75, 3.05) is 25.1 Å². The number of rotatable bonds is 3. The van der Waals surface area contributed by atoms with E-state index in [2.05, 4.69) is 15.9 Å². The fraction of sp³-hybridized carbons (Fsp3) is 0.455. The summed E-state index contributed by atoms with van der Waals surface area (Å²) in [6.07, 6.45) is 0.813. The van der Waals surface area contributed by atoms with Crippen LogP contribution in [0.3, 0.4) is 0 Å². The Kier molecular flexibility index (Phi) is 3.82. The van der Waals surface area contributed by atoms with Gasteiger partial charge in [0, 0.05) is 24.7 Å². The van der Waals surface area contributed by atoms with E-state index in [1.165, 1.54) is 0 Å². The molecule has 0 bridgehead atoms. The number of benzene rings is 1. The van der Waals surface area contributed by atoms with Gasteiger partial charge in [-0.1, -0.05) is 15.9 Å². The summed E-state index contributed by atoms with van der Waals surface area (Å²) in [5, 5.41) is 11.0. The molecule has 0 N–H and O–H groups in total. The number of hydrogen-bond donors (Lipinski definition) is 0. The van der Waals surface area contributed by atoms with Gasteiger partial charge in [-0.2, -0.15) is 4.39 Å². The first-order valence-electron chi connectivity index (χ1n) is 5.44. The summed E-state index contributed by atoms with van der Waals surface area (Å²) in [5.74, 6) is -0.828. The molecular weight excluding hydrogens is 307 g/mol. The summed E-state index contributed by atoms with van der Waals surface area (Å²) in [5.41, 5.74) is -0.179. The van der Waals surface area contributed by atoms with E-state index in [0.717, 1.165) is 12.5 Å². The highest BCUT2D eigenvalue weighted by atomic mass is 79.9. The third-order valence-electron chi connectivity index (χ3n) is 3.01. The van der Waals surface area contributed by atoms with Crippen LogP contribution in [0.2, 0.25) is 0 Å². The van der Waals surface area contributed by atoms with Gasteiger partial charge in [0.2, 0.25) is 5.82 Å². The predicted molar refractivity (Wildman–Crippen MR) is 68.4 cm³/mol. The molecule has 5 nitrogen and oxygen atoms in total. The summed E-state index contributed by atoms with van der Waals surface area (Å²) >= 11 is 3.16. The maximum Gasteiger partial charge on any atom is 0.327 e. The second-order valence-corrected chi connectivity index (χ2v) is 5.02. The number of nitro groups is 1. The third-order valence-corrected chi connectivity index (χ3v) is 3.47. The SMILES string of the molecule is CO[C@@H]1CCN(c2cc(Br)cc(F)c2[N+](=O)[O-])C1. The lowest BCUT2D eigenvalue weighted by Gasteiger charge is -2.18. The van der Waals surface area contributed by atoms with Crippen molar-refractivity contribution >= 4 is 27.3 Å². The molecule has 0 aliphatic carbocycles. The Morgan fingerprint density at radius 2 is 2.33 bits per heavy atom. The van der Waals surface area contributed by atoms with E-state index in [-0.39, 0.29) is 6.10 Å². The van der Waals surface area contributed by atoms with Crippen LogP contribution in [-0.4, -0.2) is 31.2 Å². The van der Waals surface area contributed by atoms with Crippen molar-refractivity contribution < 1.29 is 14.1 Å². The van der Waals surface area contributed by atoms with Crippen LogP contribution < -0.4 is 4.90 Å². The summed E-state index contributed by atoms with van der Waals surface area (Å²) < 4.78 is 19.4. The summed E-state index contributed by atoms with van der Waals surface area (Å²) in [4.78, 5) is 12.0. The lowest BCUT2D eigenvalue weighted by Crippen LogP contribution is -2.23. The molecule has 1 aromatic rings. The largest absolute Gasteiger partial charge is 0.380 e. The van der Waals surface area contributed by atoms with Crippen LogP contribution in [0.15, 0.2) is 16.6 Å². The molecule has 1 aromatic carbocycles. The molecule has 7 heteroatoms. The topological polar surface area (TPSA) is 55.6 Å². The molecule has 1 heterocycles. The molecule has 98 valence electrons. The van der Waals surface area contributed by atoms with Crippen LogP contribution in [0.1, 0.15) is 6.42 Å². The van der Waals surface area contributed by atoms with E-state index in [1.54, 1.807) is 18.1 Å². The smallest absolute Gasteiger partial charge is 0.327 e. The van der Waals surface area contributed by atoms with E-state index < -0.39 is 16.4 Å². The van der Waals surface area contributed by atoms with Crippen molar-refractivity contribution in [3.8, 4) is 0 Å². The second kappa shape index (κ2) is 5.19.